The molecule has 11 heteroatoms. The number of hydrogen-bond donors (Lipinski definition) is 0. The molecule has 1 amide bonds. The van der Waals surface area contributed by atoms with Gasteiger partial charge in [-0.1, -0.05) is 11.6 Å². The van der Waals surface area contributed by atoms with Crippen molar-refractivity contribution in [3.05, 3.63) is 66.0 Å². The first kappa shape index (κ1) is 24.2. The third-order valence-electron chi connectivity index (χ3n) is 4.60. The summed E-state index contributed by atoms with van der Waals surface area (Å²) in [5.41, 5.74) is 1.23. The maximum atomic E-state index is 13.0. The van der Waals surface area contributed by atoms with Crippen molar-refractivity contribution in [3.8, 4) is 5.69 Å². The zero-order valence-corrected chi connectivity index (χ0v) is 19.7. The van der Waals surface area contributed by atoms with Gasteiger partial charge >= 0.3 is 0 Å². The minimum absolute atomic E-state index is 0.0846. The largest absolute Gasteiger partial charge is 0.308 e. The summed E-state index contributed by atoms with van der Waals surface area (Å²) in [6, 6.07) is 8.37. The van der Waals surface area contributed by atoms with Crippen LogP contribution in [-0.2, 0) is 14.6 Å². The molecular weight excluding hydrogens is 475 g/mol. The third-order valence-corrected chi connectivity index (χ3v) is 7.84. The van der Waals surface area contributed by atoms with Crippen molar-refractivity contribution in [3.63, 3.8) is 0 Å². The van der Waals surface area contributed by atoms with E-state index in [9.17, 15) is 17.6 Å². The lowest BCUT2D eigenvalue weighted by Gasteiger charge is -2.19. The van der Waals surface area contributed by atoms with Crippen LogP contribution in [0.15, 0.2) is 59.9 Å². The zero-order valence-electron chi connectivity index (χ0n) is 17.3. The standard InChI is InChI=1S/C21H22ClFN4O3S2/c1-2-26(19-15-27(25-21(19)22)17-4-3-10-24-14-17)20(28)9-11-31-12-13-32(29,30)18-7-5-16(23)6-8-18/h3-8,10,14-15H,2,9,11-13H2,1H3. The van der Waals surface area contributed by atoms with Crippen LogP contribution in [0.1, 0.15) is 13.3 Å². The van der Waals surface area contributed by atoms with Gasteiger partial charge in [0.2, 0.25) is 5.91 Å². The number of pyridine rings is 1. The van der Waals surface area contributed by atoms with Crippen LogP contribution in [0.3, 0.4) is 0 Å². The number of nitrogens with zero attached hydrogens (tertiary/aromatic N) is 4. The Morgan fingerprint density at radius 3 is 2.62 bits per heavy atom. The van der Waals surface area contributed by atoms with Gasteiger partial charge in [0, 0.05) is 30.7 Å². The van der Waals surface area contributed by atoms with Gasteiger partial charge in [-0.3, -0.25) is 9.78 Å². The molecule has 0 aliphatic rings. The van der Waals surface area contributed by atoms with Crippen LogP contribution in [0.4, 0.5) is 10.1 Å². The number of anilines is 1. The van der Waals surface area contributed by atoms with E-state index < -0.39 is 15.7 Å². The fourth-order valence-corrected chi connectivity index (χ4v) is 5.84. The highest BCUT2D eigenvalue weighted by Crippen LogP contribution is 2.26. The smallest absolute Gasteiger partial charge is 0.227 e. The Morgan fingerprint density at radius 2 is 1.97 bits per heavy atom. The molecule has 3 aromatic rings. The Labute approximate surface area is 195 Å². The number of halogens is 2. The predicted molar refractivity (Wildman–Crippen MR) is 125 cm³/mol. The molecule has 0 spiro atoms. The molecule has 2 aromatic heterocycles. The Morgan fingerprint density at radius 1 is 1.22 bits per heavy atom. The molecule has 0 aliphatic heterocycles. The van der Waals surface area contributed by atoms with Crippen LogP contribution < -0.4 is 4.90 Å². The van der Waals surface area contributed by atoms with E-state index in [1.54, 1.807) is 34.2 Å². The molecule has 0 bridgehead atoms. The molecule has 32 heavy (non-hydrogen) atoms. The molecular formula is C21H22ClFN4O3S2. The van der Waals surface area contributed by atoms with E-state index >= 15 is 0 Å². The van der Waals surface area contributed by atoms with Crippen LogP contribution in [0, 0.1) is 5.82 Å². The molecule has 3 rings (SSSR count). The molecule has 1 aromatic carbocycles. The molecule has 0 saturated heterocycles. The number of sulfone groups is 1. The Balaban J connectivity index is 1.53. The van der Waals surface area contributed by atoms with Gasteiger partial charge in [0.05, 0.1) is 28.7 Å². The lowest BCUT2D eigenvalue weighted by Crippen LogP contribution is -2.30. The number of rotatable bonds is 10. The highest BCUT2D eigenvalue weighted by molar-refractivity contribution is 8.00. The summed E-state index contributed by atoms with van der Waals surface area (Å²) >= 11 is 7.65. The topological polar surface area (TPSA) is 85.2 Å². The van der Waals surface area contributed by atoms with Crippen LogP contribution in [0.2, 0.25) is 5.15 Å². The molecule has 0 unspecified atom stereocenters. The van der Waals surface area contributed by atoms with Gasteiger partial charge in [-0.05, 0) is 43.3 Å². The van der Waals surface area contributed by atoms with Crippen molar-refractivity contribution < 1.29 is 17.6 Å². The highest BCUT2D eigenvalue weighted by Gasteiger charge is 2.20. The molecule has 170 valence electrons. The van der Waals surface area contributed by atoms with Crippen molar-refractivity contribution in [2.45, 2.75) is 18.2 Å². The predicted octanol–water partition coefficient (Wildman–Crippen LogP) is 4.01. The number of hydrogen-bond acceptors (Lipinski definition) is 6. The van der Waals surface area contributed by atoms with Crippen LogP contribution >= 0.6 is 23.4 Å². The molecule has 0 saturated carbocycles. The zero-order chi connectivity index (χ0) is 23.1. The van der Waals surface area contributed by atoms with Crippen LogP contribution in [0.5, 0.6) is 0 Å². The summed E-state index contributed by atoms with van der Waals surface area (Å²) in [5.74, 6) is 0.0950. The molecule has 0 fully saturated rings. The highest BCUT2D eigenvalue weighted by atomic mass is 35.5. The van der Waals surface area contributed by atoms with Crippen LogP contribution in [0.25, 0.3) is 5.69 Å². The van der Waals surface area contributed by atoms with Crippen molar-refractivity contribution in [2.75, 3.05) is 28.7 Å². The summed E-state index contributed by atoms with van der Waals surface area (Å²) in [7, 11) is -3.49. The van der Waals surface area contributed by atoms with Gasteiger partial charge in [0.25, 0.3) is 0 Å². The first-order valence-corrected chi connectivity index (χ1v) is 13.0. The van der Waals surface area contributed by atoms with Crippen molar-refractivity contribution in [1.82, 2.24) is 14.8 Å². The third kappa shape index (κ3) is 6.08. The first-order chi connectivity index (χ1) is 15.3. The summed E-state index contributed by atoms with van der Waals surface area (Å²) in [4.78, 5) is 18.4. The number of carbonyl (C=O) groups is 1. The SMILES string of the molecule is CCN(C(=O)CCSCCS(=O)(=O)c1ccc(F)cc1)c1cn(-c2cccnc2)nc1Cl. The Bertz CT molecular complexity index is 1160. The number of aromatic nitrogens is 3. The minimum Gasteiger partial charge on any atom is -0.308 e. The van der Waals surface area contributed by atoms with Gasteiger partial charge in [-0.2, -0.15) is 16.9 Å². The second-order valence-electron chi connectivity index (χ2n) is 6.73. The number of amides is 1. The maximum absolute atomic E-state index is 13.0. The van der Waals surface area contributed by atoms with E-state index in [-0.39, 0.29) is 28.1 Å². The van der Waals surface area contributed by atoms with Crippen molar-refractivity contribution in [1.29, 1.82) is 0 Å². The number of thioether (sulfide) groups is 1. The second kappa shape index (κ2) is 10.9. The summed E-state index contributed by atoms with van der Waals surface area (Å²) in [6.07, 6.45) is 5.20. The second-order valence-corrected chi connectivity index (χ2v) is 10.4. The van der Waals surface area contributed by atoms with E-state index in [0.717, 1.165) is 17.8 Å². The summed E-state index contributed by atoms with van der Waals surface area (Å²) in [5, 5.41) is 4.47. The Hall–Kier alpha value is -2.43. The molecule has 7 nitrogen and oxygen atoms in total. The molecule has 0 aliphatic carbocycles. The molecule has 0 N–H and O–H groups in total. The van der Waals surface area contributed by atoms with E-state index in [1.165, 1.54) is 23.9 Å². The van der Waals surface area contributed by atoms with Gasteiger partial charge in [0.1, 0.15) is 11.5 Å². The fraction of sp³-hybridized carbons (Fsp3) is 0.286. The van der Waals surface area contributed by atoms with Crippen molar-refractivity contribution in [2.24, 2.45) is 0 Å². The lowest BCUT2D eigenvalue weighted by atomic mass is 10.3. The van der Waals surface area contributed by atoms with Crippen molar-refractivity contribution >= 4 is 44.8 Å². The quantitative estimate of drug-likeness (QED) is 0.311. The van der Waals surface area contributed by atoms with Gasteiger partial charge in [0.15, 0.2) is 15.0 Å². The first-order valence-electron chi connectivity index (χ1n) is 9.84. The molecule has 0 atom stereocenters. The van der Waals surface area contributed by atoms with E-state index in [1.807, 2.05) is 13.0 Å². The monoisotopic (exact) mass is 496 g/mol. The Kier molecular flexibility index (Phi) is 8.27. The van der Waals surface area contributed by atoms with E-state index in [0.29, 0.717) is 23.7 Å². The van der Waals surface area contributed by atoms with E-state index in [4.69, 9.17) is 11.6 Å². The summed E-state index contributed by atoms with van der Waals surface area (Å²) in [6.45, 7) is 2.26. The summed E-state index contributed by atoms with van der Waals surface area (Å²) < 4.78 is 39.1. The maximum Gasteiger partial charge on any atom is 0.227 e. The number of benzene rings is 1. The normalized spacial score (nSPS) is 11.5. The van der Waals surface area contributed by atoms with Gasteiger partial charge in [-0.15, -0.1) is 0 Å². The van der Waals surface area contributed by atoms with Crippen LogP contribution in [-0.4, -0.2) is 52.9 Å². The molecule has 2 heterocycles. The number of carbonyl (C=O) groups excluding carboxylic acids is 1. The van der Waals surface area contributed by atoms with Gasteiger partial charge in [-0.25, -0.2) is 17.5 Å². The lowest BCUT2D eigenvalue weighted by molar-refractivity contribution is -0.118. The average molecular weight is 497 g/mol. The fourth-order valence-electron chi connectivity index (χ4n) is 2.95. The average Bonchev–Trinajstić information content (AvgIpc) is 3.16. The van der Waals surface area contributed by atoms with E-state index in [2.05, 4.69) is 10.1 Å². The van der Waals surface area contributed by atoms with Gasteiger partial charge < -0.3 is 4.90 Å². The molecule has 0 radical (unpaired) electrons. The minimum atomic E-state index is -3.49.